The van der Waals surface area contributed by atoms with Crippen molar-refractivity contribution in [3.8, 4) is 0 Å². The molecule has 0 radical (unpaired) electrons. The lowest BCUT2D eigenvalue weighted by molar-refractivity contribution is 0.0827. The van der Waals surface area contributed by atoms with Gasteiger partial charge in [-0.1, -0.05) is 6.07 Å². The lowest BCUT2D eigenvalue weighted by Gasteiger charge is -2.22. The molecule has 8 nitrogen and oxygen atoms in total. The molecule has 1 aliphatic rings. The second-order valence-electron chi connectivity index (χ2n) is 6.59. The van der Waals surface area contributed by atoms with Crippen LogP contribution >= 0.6 is 0 Å². The van der Waals surface area contributed by atoms with Crippen LogP contribution in [0, 0.1) is 0 Å². The van der Waals surface area contributed by atoms with Crippen LogP contribution in [-0.4, -0.2) is 72.0 Å². The molecule has 1 aromatic carbocycles. The van der Waals surface area contributed by atoms with Gasteiger partial charge in [0.15, 0.2) is 0 Å². The molecule has 2 aromatic rings. The Hall–Kier alpha value is -3.16. The normalized spacial score (nSPS) is 14.4. The Kier molecular flexibility index (Phi) is 5.85. The van der Waals surface area contributed by atoms with Gasteiger partial charge >= 0.3 is 6.03 Å². The zero-order valence-corrected chi connectivity index (χ0v) is 15.6. The molecule has 3 rings (SSSR count). The highest BCUT2D eigenvalue weighted by molar-refractivity contribution is 5.96. The molecule has 8 heteroatoms. The van der Waals surface area contributed by atoms with E-state index in [1.807, 2.05) is 0 Å². The minimum atomic E-state index is -0.166. The van der Waals surface area contributed by atoms with E-state index < -0.39 is 0 Å². The Labute approximate surface area is 158 Å². The average Bonchev–Trinajstić information content (AvgIpc) is 2.94. The Balaban J connectivity index is 1.62. The number of hydrogen-bond acceptors (Lipinski definition) is 5. The summed E-state index contributed by atoms with van der Waals surface area (Å²) in [5.41, 5.74) is 1.15. The molecule has 1 aromatic heterocycles. The van der Waals surface area contributed by atoms with Gasteiger partial charge in [-0.3, -0.25) is 4.79 Å². The molecule has 0 atom stereocenters. The highest BCUT2D eigenvalue weighted by Crippen LogP contribution is 2.15. The molecule has 1 saturated heterocycles. The predicted octanol–water partition coefficient (Wildman–Crippen LogP) is 1.92. The van der Waals surface area contributed by atoms with Gasteiger partial charge in [0, 0.05) is 63.9 Å². The summed E-state index contributed by atoms with van der Waals surface area (Å²) in [6.07, 6.45) is 4.28. The summed E-state index contributed by atoms with van der Waals surface area (Å²) in [5.74, 6) is 0.592. The van der Waals surface area contributed by atoms with Crippen molar-refractivity contribution in [2.45, 2.75) is 6.42 Å². The molecule has 1 N–H and O–H groups in total. The largest absolute Gasteiger partial charge is 0.345 e. The zero-order chi connectivity index (χ0) is 19.2. The van der Waals surface area contributed by atoms with Crippen molar-refractivity contribution in [3.05, 3.63) is 48.3 Å². The van der Waals surface area contributed by atoms with Crippen LogP contribution in [0.15, 0.2) is 42.7 Å². The Morgan fingerprint density at radius 3 is 2.56 bits per heavy atom. The van der Waals surface area contributed by atoms with E-state index in [0.29, 0.717) is 36.8 Å². The molecule has 0 aliphatic carbocycles. The SMILES string of the molecule is CN(C)C(=O)c1cccc(NC(=O)N2CCCN(c3ncccn3)CC2)c1. The van der Waals surface area contributed by atoms with E-state index in [0.717, 1.165) is 13.0 Å². The van der Waals surface area contributed by atoms with Crippen molar-refractivity contribution in [3.63, 3.8) is 0 Å². The molecule has 1 aliphatic heterocycles. The minimum absolute atomic E-state index is 0.0978. The first-order chi connectivity index (χ1) is 13.0. The zero-order valence-electron chi connectivity index (χ0n) is 15.6. The molecule has 1 fully saturated rings. The molecular formula is C19H24N6O2. The second kappa shape index (κ2) is 8.48. The van der Waals surface area contributed by atoms with Gasteiger partial charge in [-0.05, 0) is 30.7 Å². The first-order valence-electron chi connectivity index (χ1n) is 8.94. The van der Waals surface area contributed by atoms with Crippen molar-refractivity contribution in [2.75, 3.05) is 50.5 Å². The molecule has 3 amide bonds. The number of hydrogen-bond donors (Lipinski definition) is 1. The molecule has 27 heavy (non-hydrogen) atoms. The fraction of sp³-hybridized carbons (Fsp3) is 0.368. The summed E-state index contributed by atoms with van der Waals surface area (Å²) in [4.78, 5) is 38.7. The van der Waals surface area contributed by atoms with Crippen molar-refractivity contribution < 1.29 is 9.59 Å². The number of amides is 3. The fourth-order valence-corrected chi connectivity index (χ4v) is 2.97. The summed E-state index contributed by atoms with van der Waals surface area (Å²) < 4.78 is 0. The van der Waals surface area contributed by atoms with Crippen LogP contribution in [0.25, 0.3) is 0 Å². The topological polar surface area (TPSA) is 81.7 Å². The number of carbonyl (C=O) groups excluding carboxylic acids is 2. The number of benzene rings is 1. The van der Waals surface area contributed by atoms with E-state index in [1.165, 1.54) is 4.90 Å². The monoisotopic (exact) mass is 368 g/mol. The number of urea groups is 1. The summed E-state index contributed by atoms with van der Waals surface area (Å²) in [5, 5.41) is 2.89. The summed E-state index contributed by atoms with van der Waals surface area (Å²) in [6, 6.07) is 8.61. The molecular weight excluding hydrogens is 344 g/mol. The predicted molar refractivity (Wildman–Crippen MR) is 104 cm³/mol. The van der Waals surface area contributed by atoms with Crippen molar-refractivity contribution in [2.24, 2.45) is 0 Å². The van der Waals surface area contributed by atoms with Crippen LogP contribution in [0.4, 0.5) is 16.4 Å². The van der Waals surface area contributed by atoms with Gasteiger partial charge in [0.25, 0.3) is 5.91 Å². The number of anilines is 2. The lowest BCUT2D eigenvalue weighted by Crippen LogP contribution is -2.38. The van der Waals surface area contributed by atoms with Gasteiger partial charge in [0.2, 0.25) is 5.95 Å². The Bertz CT molecular complexity index is 796. The van der Waals surface area contributed by atoms with Gasteiger partial charge in [-0.25, -0.2) is 14.8 Å². The third-order valence-electron chi connectivity index (χ3n) is 4.39. The van der Waals surface area contributed by atoms with E-state index in [-0.39, 0.29) is 11.9 Å². The first-order valence-corrected chi connectivity index (χ1v) is 8.94. The van der Waals surface area contributed by atoms with E-state index in [9.17, 15) is 9.59 Å². The first kappa shape index (κ1) is 18.6. The minimum Gasteiger partial charge on any atom is -0.345 e. The van der Waals surface area contributed by atoms with Crippen LogP contribution in [0.1, 0.15) is 16.8 Å². The van der Waals surface area contributed by atoms with Crippen molar-refractivity contribution in [1.82, 2.24) is 19.8 Å². The van der Waals surface area contributed by atoms with E-state index in [1.54, 1.807) is 61.7 Å². The molecule has 0 spiro atoms. The maximum Gasteiger partial charge on any atom is 0.321 e. The highest BCUT2D eigenvalue weighted by Gasteiger charge is 2.20. The second-order valence-corrected chi connectivity index (χ2v) is 6.59. The van der Waals surface area contributed by atoms with Gasteiger partial charge in [0.1, 0.15) is 0 Å². The molecule has 142 valence electrons. The molecule has 0 bridgehead atoms. The fourth-order valence-electron chi connectivity index (χ4n) is 2.97. The average molecular weight is 368 g/mol. The standard InChI is InChI=1S/C19H24N6O2/c1-23(2)17(26)15-6-3-7-16(14-15)22-19(27)25-11-5-10-24(12-13-25)18-20-8-4-9-21-18/h3-4,6-9,14H,5,10-13H2,1-2H3,(H,22,27). The van der Waals surface area contributed by atoms with Crippen molar-refractivity contribution in [1.29, 1.82) is 0 Å². The molecule has 0 saturated carbocycles. The van der Waals surface area contributed by atoms with Gasteiger partial charge in [-0.2, -0.15) is 0 Å². The summed E-state index contributed by atoms with van der Waals surface area (Å²) in [7, 11) is 3.40. The van der Waals surface area contributed by atoms with E-state index in [2.05, 4.69) is 20.2 Å². The molecule has 2 heterocycles. The van der Waals surface area contributed by atoms with Crippen LogP contribution in [0.3, 0.4) is 0 Å². The van der Waals surface area contributed by atoms with Gasteiger partial charge in [0.05, 0.1) is 0 Å². The lowest BCUT2D eigenvalue weighted by atomic mass is 10.2. The Morgan fingerprint density at radius 2 is 1.81 bits per heavy atom. The smallest absolute Gasteiger partial charge is 0.321 e. The van der Waals surface area contributed by atoms with Crippen LogP contribution in [0.2, 0.25) is 0 Å². The van der Waals surface area contributed by atoms with Crippen molar-refractivity contribution >= 4 is 23.6 Å². The quantitative estimate of drug-likeness (QED) is 0.895. The number of carbonyl (C=O) groups is 2. The molecule has 0 unspecified atom stereocenters. The maximum absolute atomic E-state index is 12.6. The number of nitrogens with one attached hydrogen (secondary N) is 1. The van der Waals surface area contributed by atoms with Crippen LogP contribution < -0.4 is 10.2 Å². The third kappa shape index (κ3) is 4.72. The van der Waals surface area contributed by atoms with E-state index >= 15 is 0 Å². The van der Waals surface area contributed by atoms with Gasteiger partial charge < -0.3 is 20.0 Å². The third-order valence-corrected chi connectivity index (χ3v) is 4.39. The number of aromatic nitrogens is 2. The van der Waals surface area contributed by atoms with Gasteiger partial charge in [-0.15, -0.1) is 0 Å². The Morgan fingerprint density at radius 1 is 1.04 bits per heavy atom. The summed E-state index contributed by atoms with van der Waals surface area (Å²) in [6.45, 7) is 2.73. The van der Waals surface area contributed by atoms with Crippen LogP contribution in [-0.2, 0) is 0 Å². The summed E-state index contributed by atoms with van der Waals surface area (Å²) >= 11 is 0. The van der Waals surface area contributed by atoms with E-state index in [4.69, 9.17) is 0 Å². The highest BCUT2D eigenvalue weighted by atomic mass is 16.2. The number of rotatable bonds is 3. The van der Waals surface area contributed by atoms with Crippen LogP contribution in [0.5, 0.6) is 0 Å². The maximum atomic E-state index is 12.6. The number of nitrogens with zero attached hydrogens (tertiary/aromatic N) is 5.